The molecule has 0 amide bonds. The lowest BCUT2D eigenvalue weighted by Gasteiger charge is -2.15. The van der Waals surface area contributed by atoms with E-state index in [1.54, 1.807) is 7.11 Å². The van der Waals surface area contributed by atoms with E-state index >= 15 is 0 Å². The molecule has 0 aromatic heterocycles. The van der Waals surface area contributed by atoms with Crippen LogP contribution in [0.1, 0.15) is 37.8 Å². The minimum atomic E-state index is 0.566. The minimum Gasteiger partial charge on any atom is -0.496 e. The van der Waals surface area contributed by atoms with Crippen LogP contribution in [0.2, 0.25) is 0 Å². The summed E-state index contributed by atoms with van der Waals surface area (Å²) in [6, 6.07) is 6.92. The molecule has 16 heavy (non-hydrogen) atoms. The molecule has 0 spiro atoms. The van der Waals surface area contributed by atoms with E-state index in [0.29, 0.717) is 6.04 Å². The van der Waals surface area contributed by atoms with Crippen LogP contribution in [0.5, 0.6) is 5.75 Å². The van der Waals surface area contributed by atoms with E-state index < -0.39 is 0 Å². The van der Waals surface area contributed by atoms with Crippen molar-refractivity contribution in [3.05, 3.63) is 29.3 Å². The van der Waals surface area contributed by atoms with E-state index in [4.69, 9.17) is 4.74 Å². The Bertz CT molecular complexity index is 323. The van der Waals surface area contributed by atoms with Crippen LogP contribution in [-0.4, -0.2) is 13.2 Å². The summed E-state index contributed by atoms with van der Waals surface area (Å²) in [6.07, 6.45) is 2.44. The Labute approximate surface area is 99.0 Å². The van der Waals surface area contributed by atoms with Crippen molar-refractivity contribution >= 4 is 0 Å². The first-order valence-electron chi connectivity index (χ1n) is 6.04. The first-order valence-corrected chi connectivity index (χ1v) is 6.04. The Hall–Kier alpha value is -1.02. The van der Waals surface area contributed by atoms with Gasteiger partial charge < -0.3 is 10.1 Å². The number of hydrogen-bond donors (Lipinski definition) is 1. The lowest BCUT2D eigenvalue weighted by atomic mass is 10.1. The summed E-state index contributed by atoms with van der Waals surface area (Å²) in [5.74, 6) is 0.983. The zero-order chi connectivity index (χ0) is 12.0. The summed E-state index contributed by atoms with van der Waals surface area (Å²) < 4.78 is 5.38. The van der Waals surface area contributed by atoms with E-state index in [9.17, 15) is 0 Å². The molecule has 0 bridgehead atoms. The van der Waals surface area contributed by atoms with Crippen LogP contribution in [0.15, 0.2) is 18.2 Å². The van der Waals surface area contributed by atoms with Gasteiger partial charge in [0.25, 0.3) is 0 Å². The van der Waals surface area contributed by atoms with Crippen molar-refractivity contribution < 1.29 is 4.74 Å². The van der Waals surface area contributed by atoms with Crippen LogP contribution in [0.4, 0.5) is 0 Å². The van der Waals surface area contributed by atoms with Crippen LogP contribution < -0.4 is 10.1 Å². The molecule has 0 saturated heterocycles. The van der Waals surface area contributed by atoms with Crippen molar-refractivity contribution in [1.82, 2.24) is 5.32 Å². The molecular formula is C14H23NO. The number of rotatable bonds is 6. The maximum atomic E-state index is 5.38. The number of hydrogen-bond acceptors (Lipinski definition) is 2. The Morgan fingerprint density at radius 3 is 2.75 bits per heavy atom. The second kappa shape index (κ2) is 6.54. The second-order valence-electron chi connectivity index (χ2n) is 4.39. The molecule has 2 heteroatoms. The van der Waals surface area contributed by atoms with Gasteiger partial charge >= 0.3 is 0 Å². The highest BCUT2D eigenvalue weighted by molar-refractivity contribution is 5.36. The van der Waals surface area contributed by atoms with Crippen molar-refractivity contribution in [3.63, 3.8) is 0 Å². The third-order valence-electron chi connectivity index (χ3n) is 2.81. The normalized spacial score (nSPS) is 12.5. The molecule has 0 heterocycles. The van der Waals surface area contributed by atoms with Gasteiger partial charge in [0.1, 0.15) is 5.75 Å². The van der Waals surface area contributed by atoms with Gasteiger partial charge in [0.2, 0.25) is 0 Å². The molecule has 0 fully saturated rings. The molecule has 0 aliphatic heterocycles. The highest BCUT2D eigenvalue weighted by Crippen LogP contribution is 2.19. The predicted molar refractivity (Wildman–Crippen MR) is 68.9 cm³/mol. The standard InChI is InChI=1S/C14H23NO/c1-5-6-12(3)15-10-13-8-7-11(2)9-14(13)16-4/h7-9,12,15H,5-6,10H2,1-4H3. The zero-order valence-corrected chi connectivity index (χ0v) is 10.8. The smallest absolute Gasteiger partial charge is 0.123 e. The van der Waals surface area contributed by atoms with Crippen molar-refractivity contribution in [2.75, 3.05) is 7.11 Å². The van der Waals surface area contributed by atoms with Gasteiger partial charge in [-0.25, -0.2) is 0 Å². The van der Waals surface area contributed by atoms with Gasteiger partial charge in [0.05, 0.1) is 7.11 Å². The average molecular weight is 221 g/mol. The van der Waals surface area contributed by atoms with Crippen molar-refractivity contribution in [2.24, 2.45) is 0 Å². The molecule has 1 rings (SSSR count). The lowest BCUT2D eigenvalue weighted by Crippen LogP contribution is -2.25. The summed E-state index contributed by atoms with van der Waals surface area (Å²) in [6.45, 7) is 7.40. The van der Waals surface area contributed by atoms with Gasteiger partial charge in [-0.05, 0) is 31.9 Å². The highest BCUT2D eigenvalue weighted by atomic mass is 16.5. The molecule has 90 valence electrons. The zero-order valence-electron chi connectivity index (χ0n) is 10.8. The number of aryl methyl sites for hydroxylation is 1. The summed E-state index contributed by atoms with van der Waals surface area (Å²) in [4.78, 5) is 0. The fourth-order valence-electron chi connectivity index (χ4n) is 1.82. The van der Waals surface area contributed by atoms with Gasteiger partial charge in [0, 0.05) is 18.2 Å². The maximum absolute atomic E-state index is 5.38. The Morgan fingerprint density at radius 1 is 1.38 bits per heavy atom. The topological polar surface area (TPSA) is 21.3 Å². The molecule has 0 aliphatic carbocycles. The first-order chi connectivity index (χ1) is 7.67. The molecule has 2 nitrogen and oxygen atoms in total. The molecule has 0 saturated carbocycles. The third kappa shape index (κ3) is 3.86. The summed E-state index contributed by atoms with van der Waals surface area (Å²) in [5.41, 5.74) is 2.47. The fourth-order valence-corrected chi connectivity index (χ4v) is 1.82. The lowest BCUT2D eigenvalue weighted by molar-refractivity contribution is 0.404. The van der Waals surface area contributed by atoms with Crippen LogP contribution in [0.25, 0.3) is 0 Å². The quantitative estimate of drug-likeness (QED) is 0.796. The van der Waals surface area contributed by atoms with Gasteiger partial charge in [-0.1, -0.05) is 25.5 Å². The molecule has 1 atom stereocenters. The summed E-state index contributed by atoms with van der Waals surface area (Å²) in [7, 11) is 1.73. The number of benzene rings is 1. The molecular weight excluding hydrogens is 198 g/mol. The maximum Gasteiger partial charge on any atom is 0.123 e. The SMILES string of the molecule is CCCC(C)NCc1ccc(C)cc1OC. The molecule has 0 radical (unpaired) electrons. The molecule has 1 N–H and O–H groups in total. The molecule has 1 aromatic carbocycles. The van der Waals surface area contributed by atoms with E-state index in [0.717, 1.165) is 12.3 Å². The predicted octanol–water partition coefficient (Wildman–Crippen LogP) is 3.28. The summed E-state index contributed by atoms with van der Waals surface area (Å²) in [5, 5.41) is 3.51. The van der Waals surface area contributed by atoms with Crippen LogP contribution in [0.3, 0.4) is 0 Å². The van der Waals surface area contributed by atoms with Crippen molar-refractivity contribution in [2.45, 2.75) is 46.2 Å². The number of nitrogens with one attached hydrogen (secondary N) is 1. The minimum absolute atomic E-state index is 0.566. The fraction of sp³-hybridized carbons (Fsp3) is 0.571. The molecule has 1 aromatic rings. The van der Waals surface area contributed by atoms with Gasteiger partial charge in [-0.15, -0.1) is 0 Å². The van der Waals surface area contributed by atoms with E-state index in [-0.39, 0.29) is 0 Å². The third-order valence-corrected chi connectivity index (χ3v) is 2.81. The van der Waals surface area contributed by atoms with Gasteiger partial charge in [-0.3, -0.25) is 0 Å². The Balaban J connectivity index is 2.59. The second-order valence-corrected chi connectivity index (χ2v) is 4.39. The monoisotopic (exact) mass is 221 g/mol. The number of methoxy groups -OCH3 is 1. The van der Waals surface area contributed by atoms with Gasteiger partial charge in [-0.2, -0.15) is 0 Å². The van der Waals surface area contributed by atoms with Crippen LogP contribution >= 0.6 is 0 Å². The van der Waals surface area contributed by atoms with Crippen LogP contribution in [0, 0.1) is 6.92 Å². The number of ether oxygens (including phenoxy) is 1. The van der Waals surface area contributed by atoms with E-state index in [1.807, 2.05) is 0 Å². The van der Waals surface area contributed by atoms with E-state index in [2.05, 4.69) is 44.3 Å². The Morgan fingerprint density at radius 2 is 2.12 bits per heavy atom. The van der Waals surface area contributed by atoms with Crippen molar-refractivity contribution in [1.29, 1.82) is 0 Å². The molecule has 0 aliphatic rings. The van der Waals surface area contributed by atoms with E-state index in [1.165, 1.54) is 24.0 Å². The molecule has 1 unspecified atom stereocenters. The largest absolute Gasteiger partial charge is 0.496 e. The average Bonchev–Trinajstić information content (AvgIpc) is 2.27. The van der Waals surface area contributed by atoms with Gasteiger partial charge in [0.15, 0.2) is 0 Å². The first kappa shape index (κ1) is 13.0. The Kier molecular flexibility index (Phi) is 5.33. The summed E-state index contributed by atoms with van der Waals surface area (Å²) >= 11 is 0. The van der Waals surface area contributed by atoms with Crippen LogP contribution in [-0.2, 0) is 6.54 Å². The van der Waals surface area contributed by atoms with Crippen molar-refractivity contribution in [3.8, 4) is 5.75 Å². The highest BCUT2D eigenvalue weighted by Gasteiger charge is 2.05.